The molecule has 1 N–H and O–H groups in total. The van der Waals surface area contributed by atoms with Gasteiger partial charge in [-0.25, -0.2) is 8.42 Å². The van der Waals surface area contributed by atoms with E-state index in [1.54, 1.807) is 6.07 Å². The molecule has 5 nitrogen and oxygen atoms in total. The molecule has 0 aromatic heterocycles. The van der Waals surface area contributed by atoms with Crippen molar-refractivity contribution in [3.63, 3.8) is 0 Å². The average molecular weight is 463 g/mol. The van der Waals surface area contributed by atoms with Crippen molar-refractivity contribution < 1.29 is 26.4 Å². The lowest BCUT2D eigenvalue weighted by atomic mass is 10.2. The summed E-state index contributed by atoms with van der Waals surface area (Å²) in [6.45, 7) is 1.67. The van der Waals surface area contributed by atoms with Crippen LogP contribution in [0.1, 0.15) is 18.1 Å². The Morgan fingerprint density at radius 2 is 1.93 bits per heavy atom. The number of alkyl halides is 3. The monoisotopic (exact) mass is 462 g/mol. The Hall–Kier alpha value is -2.07. The summed E-state index contributed by atoms with van der Waals surface area (Å²) < 4.78 is 67.1. The Bertz CT molecular complexity index is 1020. The molecule has 1 heterocycles. The molecule has 1 aliphatic heterocycles. The largest absolute Gasteiger partial charge is 0.416 e. The number of anilines is 2. The summed E-state index contributed by atoms with van der Waals surface area (Å²) in [5.41, 5.74) is -0.257. The van der Waals surface area contributed by atoms with E-state index in [2.05, 4.69) is 20.7 Å². The second-order valence-electron chi connectivity index (χ2n) is 6.02. The zero-order valence-corrected chi connectivity index (χ0v) is 16.4. The van der Waals surface area contributed by atoms with Gasteiger partial charge in [-0.3, -0.25) is 9.52 Å². The Labute approximate surface area is 162 Å². The van der Waals surface area contributed by atoms with E-state index in [4.69, 9.17) is 0 Å². The van der Waals surface area contributed by atoms with Crippen LogP contribution in [-0.4, -0.2) is 20.9 Å². The van der Waals surface area contributed by atoms with Gasteiger partial charge in [0, 0.05) is 23.6 Å². The van der Waals surface area contributed by atoms with E-state index in [1.165, 1.54) is 24.0 Å². The van der Waals surface area contributed by atoms with E-state index < -0.39 is 21.8 Å². The molecule has 1 amide bonds. The van der Waals surface area contributed by atoms with Gasteiger partial charge in [0.2, 0.25) is 5.91 Å². The Balaban J connectivity index is 2.06. The lowest BCUT2D eigenvalue weighted by Gasteiger charge is -2.20. The van der Waals surface area contributed by atoms with Crippen LogP contribution in [0.15, 0.2) is 45.8 Å². The third kappa shape index (κ3) is 3.96. The number of rotatable bonds is 3. The molecule has 3 rings (SSSR count). The molecule has 0 unspecified atom stereocenters. The molecule has 10 heteroatoms. The molecule has 27 heavy (non-hydrogen) atoms. The maximum absolute atomic E-state index is 12.9. The summed E-state index contributed by atoms with van der Waals surface area (Å²) in [6, 6.07) is 6.98. The van der Waals surface area contributed by atoms with Gasteiger partial charge in [-0.15, -0.1) is 0 Å². The van der Waals surface area contributed by atoms with Crippen molar-refractivity contribution in [3.05, 3.63) is 52.0 Å². The maximum Gasteiger partial charge on any atom is 0.416 e. The molecule has 0 fully saturated rings. The van der Waals surface area contributed by atoms with Gasteiger partial charge in [0.05, 0.1) is 11.3 Å². The minimum atomic E-state index is -4.59. The van der Waals surface area contributed by atoms with Crippen molar-refractivity contribution >= 4 is 43.2 Å². The Kier molecular flexibility index (Phi) is 4.98. The number of halogens is 4. The normalized spacial score (nSPS) is 14.2. The topological polar surface area (TPSA) is 66.5 Å². The highest BCUT2D eigenvalue weighted by Gasteiger charge is 2.33. The van der Waals surface area contributed by atoms with Crippen molar-refractivity contribution in [3.8, 4) is 0 Å². The molecule has 0 saturated heterocycles. The minimum Gasteiger partial charge on any atom is -0.311 e. The number of benzene rings is 2. The van der Waals surface area contributed by atoms with Crippen LogP contribution in [0.3, 0.4) is 0 Å². The average Bonchev–Trinajstić information content (AvgIpc) is 2.96. The second kappa shape index (κ2) is 6.83. The maximum atomic E-state index is 12.9. The molecule has 0 aliphatic carbocycles. The van der Waals surface area contributed by atoms with Crippen LogP contribution in [0.5, 0.6) is 0 Å². The summed E-state index contributed by atoms with van der Waals surface area (Å²) >= 11 is 3.24. The fourth-order valence-electron chi connectivity index (χ4n) is 2.96. The van der Waals surface area contributed by atoms with E-state index in [0.29, 0.717) is 23.0 Å². The number of nitrogens with one attached hydrogen (secondary N) is 1. The zero-order chi connectivity index (χ0) is 20.0. The van der Waals surface area contributed by atoms with Crippen LogP contribution in [0.2, 0.25) is 0 Å². The third-order valence-electron chi connectivity index (χ3n) is 4.11. The minimum absolute atomic E-state index is 0.169. The Morgan fingerprint density at radius 3 is 2.56 bits per heavy atom. The predicted octanol–water partition coefficient (Wildman–Crippen LogP) is 4.18. The SMILES string of the molecule is CC(=O)N1CCc2cc(Br)cc(S(=O)(=O)Nc3cccc(C(F)(F)F)c3)c21. The highest BCUT2D eigenvalue weighted by molar-refractivity contribution is 9.10. The van der Waals surface area contributed by atoms with Gasteiger partial charge in [0.25, 0.3) is 10.0 Å². The third-order valence-corrected chi connectivity index (χ3v) is 5.96. The standard InChI is InChI=1S/C17H14BrF3N2O3S/c1-10(24)23-6-5-11-7-13(18)9-15(16(11)23)27(25,26)22-14-4-2-3-12(8-14)17(19,20)21/h2-4,7-9,22H,5-6H2,1H3. The first-order valence-corrected chi connectivity index (χ1v) is 10.1. The van der Waals surface area contributed by atoms with Crippen LogP contribution in [-0.2, 0) is 27.4 Å². The lowest BCUT2D eigenvalue weighted by Crippen LogP contribution is -2.28. The number of sulfonamides is 1. The van der Waals surface area contributed by atoms with Crippen molar-refractivity contribution in [1.82, 2.24) is 0 Å². The molecule has 0 atom stereocenters. The van der Waals surface area contributed by atoms with Crippen LogP contribution in [0.25, 0.3) is 0 Å². The molecule has 2 aromatic rings. The van der Waals surface area contributed by atoms with E-state index in [1.807, 2.05) is 0 Å². The molecule has 144 valence electrons. The van der Waals surface area contributed by atoms with Gasteiger partial charge in [-0.05, 0) is 42.3 Å². The molecule has 0 spiro atoms. The number of carbonyl (C=O) groups excluding carboxylic acids is 1. The number of nitrogens with zero attached hydrogens (tertiary/aromatic N) is 1. The van der Waals surface area contributed by atoms with E-state index in [0.717, 1.165) is 18.2 Å². The van der Waals surface area contributed by atoms with Gasteiger partial charge in [0.1, 0.15) is 4.90 Å². The summed E-state index contributed by atoms with van der Waals surface area (Å²) in [6.07, 6.45) is -4.11. The van der Waals surface area contributed by atoms with Crippen LogP contribution in [0.4, 0.5) is 24.5 Å². The number of hydrogen-bond donors (Lipinski definition) is 1. The predicted molar refractivity (Wildman–Crippen MR) is 98.1 cm³/mol. The number of carbonyl (C=O) groups is 1. The first kappa shape index (κ1) is 19.7. The van der Waals surface area contributed by atoms with Crippen molar-refractivity contribution in [2.75, 3.05) is 16.2 Å². The lowest BCUT2D eigenvalue weighted by molar-refractivity contribution is -0.137. The van der Waals surface area contributed by atoms with Crippen LogP contribution < -0.4 is 9.62 Å². The van der Waals surface area contributed by atoms with Crippen molar-refractivity contribution in [1.29, 1.82) is 0 Å². The fourth-order valence-corrected chi connectivity index (χ4v) is 4.94. The van der Waals surface area contributed by atoms with Gasteiger partial charge in [0.15, 0.2) is 0 Å². The zero-order valence-electron chi connectivity index (χ0n) is 14.0. The smallest absolute Gasteiger partial charge is 0.311 e. The number of hydrogen-bond acceptors (Lipinski definition) is 3. The fraction of sp³-hybridized carbons (Fsp3) is 0.235. The summed E-state index contributed by atoms with van der Waals surface area (Å²) in [5, 5.41) is 0. The van der Waals surface area contributed by atoms with Gasteiger partial charge in [-0.2, -0.15) is 13.2 Å². The summed E-state index contributed by atoms with van der Waals surface area (Å²) in [4.78, 5) is 13.0. The van der Waals surface area contributed by atoms with Crippen molar-refractivity contribution in [2.45, 2.75) is 24.4 Å². The number of amides is 1. The second-order valence-corrected chi connectivity index (χ2v) is 8.58. The molecule has 0 saturated carbocycles. The van der Waals surface area contributed by atoms with Gasteiger partial charge in [-0.1, -0.05) is 22.0 Å². The summed E-state index contributed by atoms with van der Waals surface area (Å²) in [7, 11) is -4.23. The summed E-state index contributed by atoms with van der Waals surface area (Å²) in [5.74, 6) is -0.313. The van der Waals surface area contributed by atoms with Crippen molar-refractivity contribution in [2.24, 2.45) is 0 Å². The molecule has 2 aromatic carbocycles. The first-order chi connectivity index (χ1) is 12.5. The first-order valence-electron chi connectivity index (χ1n) is 7.79. The molecule has 0 radical (unpaired) electrons. The van der Waals surface area contributed by atoms with E-state index in [9.17, 15) is 26.4 Å². The van der Waals surface area contributed by atoms with E-state index >= 15 is 0 Å². The van der Waals surface area contributed by atoms with Crippen LogP contribution in [0, 0.1) is 0 Å². The van der Waals surface area contributed by atoms with Gasteiger partial charge >= 0.3 is 6.18 Å². The quantitative estimate of drug-likeness (QED) is 0.743. The number of fused-ring (bicyclic) bond motifs is 1. The van der Waals surface area contributed by atoms with Crippen LogP contribution >= 0.6 is 15.9 Å². The van der Waals surface area contributed by atoms with Gasteiger partial charge < -0.3 is 4.90 Å². The highest BCUT2D eigenvalue weighted by atomic mass is 79.9. The van der Waals surface area contributed by atoms with E-state index in [-0.39, 0.29) is 22.2 Å². The molecular formula is C17H14BrF3N2O3S. The molecular weight excluding hydrogens is 449 g/mol. The Morgan fingerprint density at radius 1 is 1.22 bits per heavy atom. The molecule has 1 aliphatic rings. The highest BCUT2D eigenvalue weighted by Crippen LogP contribution is 2.38. The molecule has 0 bridgehead atoms.